The van der Waals surface area contributed by atoms with Crippen molar-refractivity contribution in [3.05, 3.63) is 23.8 Å². The van der Waals surface area contributed by atoms with Gasteiger partial charge in [-0.25, -0.2) is 4.99 Å². The summed E-state index contributed by atoms with van der Waals surface area (Å²) in [5.41, 5.74) is 0.776. The van der Waals surface area contributed by atoms with Crippen LogP contribution in [0.1, 0.15) is 32.8 Å². The van der Waals surface area contributed by atoms with Crippen LogP contribution >= 0.6 is 24.0 Å². The number of guanidine groups is 1. The van der Waals surface area contributed by atoms with Crippen LogP contribution in [0.4, 0.5) is 0 Å². The van der Waals surface area contributed by atoms with Crippen molar-refractivity contribution in [1.82, 2.24) is 10.2 Å². The molecule has 1 aromatic rings. The normalized spacial score (nSPS) is 21.2. The van der Waals surface area contributed by atoms with Gasteiger partial charge in [-0.1, -0.05) is 13.8 Å². The molecule has 0 radical (unpaired) electrons. The molecule has 0 amide bonds. The lowest BCUT2D eigenvalue weighted by Crippen LogP contribution is -2.48. The van der Waals surface area contributed by atoms with Crippen LogP contribution in [0, 0.1) is 11.8 Å². The van der Waals surface area contributed by atoms with Gasteiger partial charge in [-0.15, -0.1) is 24.0 Å². The van der Waals surface area contributed by atoms with E-state index in [1.54, 1.807) is 19.2 Å². The van der Waals surface area contributed by atoms with Crippen molar-refractivity contribution in [2.45, 2.75) is 33.7 Å². The fraction of sp³-hybridized carbons (Fsp3) is 0.611. The van der Waals surface area contributed by atoms with E-state index in [9.17, 15) is 5.11 Å². The summed E-state index contributed by atoms with van der Waals surface area (Å²) in [7, 11) is 1.63. The average Bonchev–Trinajstić information content (AvgIpc) is 2.51. The first-order chi connectivity index (χ1) is 11.0. The molecule has 1 aromatic carbocycles. The molecule has 2 rings (SSSR count). The van der Waals surface area contributed by atoms with Crippen LogP contribution in [-0.4, -0.2) is 42.7 Å². The molecular formula is C18H30IN3O2. The molecule has 6 heteroatoms. The van der Waals surface area contributed by atoms with Gasteiger partial charge in [-0.05, 0) is 43.4 Å². The molecule has 1 saturated heterocycles. The summed E-state index contributed by atoms with van der Waals surface area (Å²) in [6.45, 7) is 9.99. The zero-order valence-corrected chi connectivity index (χ0v) is 17.4. The molecule has 24 heavy (non-hydrogen) atoms. The average molecular weight is 447 g/mol. The van der Waals surface area contributed by atoms with Gasteiger partial charge in [0.2, 0.25) is 0 Å². The third-order valence-corrected chi connectivity index (χ3v) is 4.19. The van der Waals surface area contributed by atoms with Gasteiger partial charge in [0.05, 0.1) is 13.7 Å². The quantitative estimate of drug-likeness (QED) is 0.422. The summed E-state index contributed by atoms with van der Waals surface area (Å²) in [5, 5.41) is 13.4. The summed E-state index contributed by atoms with van der Waals surface area (Å²) >= 11 is 0. The van der Waals surface area contributed by atoms with Crippen molar-refractivity contribution in [3.8, 4) is 11.5 Å². The molecule has 0 saturated carbocycles. The van der Waals surface area contributed by atoms with Crippen molar-refractivity contribution in [3.63, 3.8) is 0 Å². The third kappa shape index (κ3) is 5.72. The van der Waals surface area contributed by atoms with Gasteiger partial charge in [0.1, 0.15) is 11.5 Å². The van der Waals surface area contributed by atoms with E-state index >= 15 is 0 Å². The highest BCUT2D eigenvalue weighted by Gasteiger charge is 2.24. The SMILES string of the molecule is CCNC(=NCc1cc(OC)ccc1O)N1CC(C)CC(C)C1.I. The Labute approximate surface area is 162 Å². The zero-order chi connectivity index (χ0) is 16.8. The maximum absolute atomic E-state index is 10.0. The van der Waals surface area contributed by atoms with Crippen molar-refractivity contribution >= 4 is 29.9 Å². The van der Waals surface area contributed by atoms with Gasteiger partial charge in [-0.2, -0.15) is 0 Å². The maximum Gasteiger partial charge on any atom is 0.194 e. The van der Waals surface area contributed by atoms with E-state index in [0.29, 0.717) is 18.4 Å². The van der Waals surface area contributed by atoms with E-state index in [1.165, 1.54) is 6.42 Å². The first-order valence-electron chi connectivity index (χ1n) is 8.42. The number of nitrogens with one attached hydrogen (secondary N) is 1. The minimum atomic E-state index is 0. The molecule has 2 atom stereocenters. The minimum absolute atomic E-state index is 0. The highest BCUT2D eigenvalue weighted by atomic mass is 127. The second kappa shape index (κ2) is 9.96. The number of methoxy groups -OCH3 is 1. The largest absolute Gasteiger partial charge is 0.508 e. The summed E-state index contributed by atoms with van der Waals surface area (Å²) in [4.78, 5) is 7.06. The number of hydrogen-bond donors (Lipinski definition) is 2. The van der Waals surface area contributed by atoms with E-state index in [0.717, 1.165) is 36.9 Å². The summed E-state index contributed by atoms with van der Waals surface area (Å²) in [6.07, 6.45) is 1.27. The van der Waals surface area contributed by atoms with Gasteiger partial charge in [0.25, 0.3) is 0 Å². The lowest BCUT2D eigenvalue weighted by molar-refractivity contribution is 0.208. The Bertz CT molecular complexity index is 541. The number of likely N-dealkylation sites (tertiary alicyclic amines) is 1. The molecule has 1 heterocycles. The number of hydrogen-bond acceptors (Lipinski definition) is 3. The molecule has 2 N–H and O–H groups in total. The number of halogens is 1. The third-order valence-electron chi connectivity index (χ3n) is 4.19. The van der Waals surface area contributed by atoms with Crippen molar-refractivity contribution in [2.24, 2.45) is 16.8 Å². The monoisotopic (exact) mass is 447 g/mol. The van der Waals surface area contributed by atoms with Crippen molar-refractivity contribution in [2.75, 3.05) is 26.7 Å². The van der Waals surface area contributed by atoms with Gasteiger partial charge < -0.3 is 20.1 Å². The molecule has 0 aromatic heterocycles. The fourth-order valence-corrected chi connectivity index (χ4v) is 3.24. The Morgan fingerprint density at radius 3 is 2.58 bits per heavy atom. The summed E-state index contributed by atoms with van der Waals surface area (Å²) < 4.78 is 5.22. The van der Waals surface area contributed by atoms with Gasteiger partial charge in [0.15, 0.2) is 5.96 Å². The number of ether oxygens (including phenoxy) is 1. The van der Waals surface area contributed by atoms with Crippen molar-refractivity contribution in [1.29, 1.82) is 0 Å². The predicted octanol–water partition coefficient (Wildman–Crippen LogP) is 3.46. The predicted molar refractivity (Wildman–Crippen MR) is 109 cm³/mol. The lowest BCUT2D eigenvalue weighted by Gasteiger charge is -2.37. The van der Waals surface area contributed by atoms with Crippen LogP contribution in [-0.2, 0) is 6.54 Å². The first kappa shape index (κ1) is 20.9. The number of nitrogens with zero attached hydrogens (tertiary/aromatic N) is 2. The number of phenols is 1. The number of rotatable bonds is 4. The Balaban J connectivity index is 0.00000288. The number of piperidine rings is 1. The highest BCUT2D eigenvalue weighted by Crippen LogP contribution is 2.24. The molecule has 1 fully saturated rings. The molecule has 2 unspecified atom stereocenters. The Morgan fingerprint density at radius 2 is 2.00 bits per heavy atom. The summed E-state index contributed by atoms with van der Waals surface area (Å²) in [5.74, 6) is 3.26. The smallest absolute Gasteiger partial charge is 0.194 e. The van der Waals surface area contributed by atoms with Crippen LogP contribution in [0.5, 0.6) is 11.5 Å². The Kier molecular flexibility index (Phi) is 8.66. The summed E-state index contributed by atoms with van der Waals surface area (Å²) in [6, 6.07) is 5.24. The van der Waals surface area contributed by atoms with E-state index in [1.807, 2.05) is 6.07 Å². The van der Waals surface area contributed by atoms with Gasteiger partial charge in [0, 0.05) is 25.2 Å². The molecule has 5 nitrogen and oxygen atoms in total. The second-order valence-corrected chi connectivity index (χ2v) is 6.52. The number of benzene rings is 1. The highest BCUT2D eigenvalue weighted by molar-refractivity contribution is 14.0. The molecule has 0 bridgehead atoms. The van der Waals surface area contributed by atoms with E-state index < -0.39 is 0 Å². The van der Waals surface area contributed by atoms with E-state index in [2.05, 4.69) is 31.0 Å². The molecule has 0 spiro atoms. The molecule has 1 aliphatic rings. The van der Waals surface area contributed by atoms with Crippen LogP contribution < -0.4 is 10.1 Å². The molecular weight excluding hydrogens is 417 g/mol. The Morgan fingerprint density at radius 1 is 1.33 bits per heavy atom. The minimum Gasteiger partial charge on any atom is -0.508 e. The van der Waals surface area contributed by atoms with Crippen molar-refractivity contribution < 1.29 is 9.84 Å². The molecule has 0 aliphatic carbocycles. The number of aliphatic imine (C=N–C) groups is 1. The zero-order valence-electron chi connectivity index (χ0n) is 15.1. The fourth-order valence-electron chi connectivity index (χ4n) is 3.24. The van der Waals surface area contributed by atoms with Crippen LogP contribution in [0.3, 0.4) is 0 Å². The number of aromatic hydroxyl groups is 1. The first-order valence-corrected chi connectivity index (χ1v) is 8.42. The van der Waals surface area contributed by atoms with Crippen LogP contribution in [0.25, 0.3) is 0 Å². The topological polar surface area (TPSA) is 57.1 Å². The maximum atomic E-state index is 10.0. The lowest BCUT2D eigenvalue weighted by atomic mass is 9.92. The van der Waals surface area contributed by atoms with Gasteiger partial charge in [-0.3, -0.25) is 0 Å². The van der Waals surface area contributed by atoms with Crippen LogP contribution in [0.2, 0.25) is 0 Å². The van der Waals surface area contributed by atoms with E-state index in [-0.39, 0.29) is 29.7 Å². The van der Waals surface area contributed by atoms with Crippen LogP contribution in [0.15, 0.2) is 23.2 Å². The molecule has 1 aliphatic heterocycles. The van der Waals surface area contributed by atoms with Gasteiger partial charge >= 0.3 is 0 Å². The van der Waals surface area contributed by atoms with E-state index in [4.69, 9.17) is 9.73 Å². The molecule has 136 valence electrons. The number of phenolic OH excluding ortho intramolecular Hbond substituents is 1. The standard InChI is InChI=1S/C18H29N3O2.HI/c1-5-19-18(21-11-13(2)8-14(3)12-21)20-10-15-9-16(23-4)6-7-17(15)22;/h6-7,9,13-14,22H,5,8,10-12H2,1-4H3,(H,19,20);1H. The Hall–Kier alpha value is -1.18. The second-order valence-electron chi connectivity index (χ2n) is 6.52.